The number of nitrogens with zero attached hydrogens (tertiary/aromatic N) is 3. The second-order valence-electron chi connectivity index (χ2n) is 8.49. The van der Waals surface area contributed by atoms with Gasteiger partial charge in [0, 0.05) is 44.5 Å². The number of esters is 1. The number of hydrogen-bond acceptors (Lipinski definition) is 6. The van der Waals surface area contributed by atoms with Crippen LogP contribution >= 0.6 is 0 Å². The lowest BCUT2D eigenvalue weighted by Gasteiger charge is -2.36. The van der Waals surface area contributed by atoms with Gasteiger partial charge in [-0.05, 0) is 43.2 Å². The minimum Gasteiger partial charge on any atom is -0.497 e. The quantitative estimate of drug-likeness (QED) is 0.494. The zero-order chi connectivity index (χ0) is 23.2. The van der Waals surface area contributed by atoms with E-state index in [-0.39, 0.29) is 12.1 Å². The molecular weight excluding hydrogens is 414 g/mol. The largest absolute Gasteiger partial charge is 0.497 e. The highest BCUT2D eigenvalue weighted by Crippen LogP contribution is 2.31. The van der Waals surface area contributed by atoms with Gasteiger partial charge in [-0.3, -0.25) is 4.90 Å². The third kappa shape index (κ3) is 5.52. The van der Waals surface area contributed by atoms with Crippen LogP contribution in [0, 0.1) is 0 Å². The zero-order valence-electron chi connectivity index (χ0n) is 19.5. The number of hydrogen-bond donors (Lipinski definition) is 0. The summed E-state index contributed by atoms with van der Waals surface area (Å²) >= 11 is 0. The van der Waals surface area contributed by atoms with E-state index >= 15 is 0 Å². The molecule has 6 heteroatoms. The van der Waals surface area contributed by atoms with Crippen molar-refractivity contribution >= 4 is 11.8 Å². The topological polar surface area (TPSA) is 54.9 Å². The molecule has 1 aliphatic heterocycles. The van der Waals surface area contributed by atoms with Crippen molar-refractivity contribution in [3.05, 3.63) is 78.0 Å². The first-order valence-corrected chi connectivity index (χ1v) is 11.4. The second-order valence-corrected chi connectivity index (χ2v) is 8.49. The number of methoxy groups -OCH3 is 1. The lowest BCUT2D eigenvalue weighted by molar-refractivity contribution is 0.0379. The Morgan fingerprint density at radius 1 is 0.970 bits per heavy atom. The van der Waals surface area contributed by atoms with E-state index in [0.29, 0.717) is 11.4 Å². The Morgan fingerprint density at radius 3 is 2.30 bits per heavy atom. The van der Waals surface area contributed by atoms with E-state index in [4.69, 9.17) is 9.47 Å². The monoisotopic (exact) mass is 445 g/mol. The number of pyridine rings is 1. The van der Waals surface area contributed by atoms with E-state index in [1.807, 2.05) is 62.4 Å². The van der Waals surface area contributed by atoms with Crippen molar-refractivity contribution in [3.8, 4) is 16.9 Å². The van der Waals surface area contributed by atoms with E-state index in [2.05, 4.69) is 26.9 Å². The molecule has 1 fully saturated rings. The van der Waals surface area contributed by atoms with Gasteiger partial charge in [0.2, 0.25) is 0 Å². The van der Waals surface area contributed by atoms with E-state index in [1.165, 1.54) is 5.56 Å². The number of ether oxygens (including phenoxy) is 2. The molecule has 172 valence electrons. The molecule has 4 rings (SSSR count). The van der Waals surface area contributed by atoms with Crippen molar-refractivity contribution in [2.45, 2.75) is 26.5 Å². The van der Waals surface area contributed by atoms with Crippen molar-refractivity contribution in [1.82, 2.24) is 9.88 Å². The van der Waals surface area contributed by atoms with Crippen LogP contribution in [0.5, 0.6) is 5.75 Å². The van der Waals surface area contributed by atoms with Crippen molar-refractivity contribution < 1.29 is 14.3 Å². The maximum absolute atomic E-state index is 13.2. The molecule has 33 heavy (non-hydrogen) atoms. The SMILES string of the molecule is COc1ccc(CN2CCN(c3nccc(-c4ccccc4)c3C(=O)OC(C)C)CC2)cc1. The van der Waals surface area contributed by atoms with Crippen molar-refractivity contribution in [1.29, 1.82) is 0 Å². The fourth-order valence-electron chi connectivity index (χ4n) is 4.13. The van der Waals surface area contributed by atoms with Gasteiger partial charge in [0.15, 0.2) is 0 Å². The summed E-state index contributed by atoms with van der Waals surface area (Å²) in [5, 5.41) is 0. The van der Waals surface area contributed by atoms with Gasteiger partial charge in [0.25, 0.3) is 0 Å². The summed E-state index contributed by atoms with van der Waals surface area (Å²) in [6.45, 7) is 8.00. The number of benzene rings is 2. The molecule has 1 aromatic heterocycles. The minimum atomic E-state index is -0.326. The molecule has 0 spiro atoms. The molecule has 1 aliphatic rings. The van der Waals surface area contributed by atoms with E-state index < -0.39 is 0 Å². The number of carbonyl (C=O) groups is 1. The molecule has 0 radical (unpaired) electrons. The standard InChI is InChI=1S/C27H31N3O3/c1-20(2)33-27(31)25-24(22-7-5-4-6-8-22)13-14-28-26(25)30-17-15-29(16-18-30)19-21-9-11-23(32-3)12-10-21/h4-14,20H,15-19H2,1-3H3. The fourth-order valence-corrected chi connectivity index (χ4v) is 4.13. The van der Waals surface area contributed by atoms with Crippen LogP contribution in [0.2, 0.25) is 0 Å². The van der Waals surface area contributed by atoms with Gasteiger partial charge in [-0.25, -0.2) is 9.78 Å². The predicted octanol–water partition coefficient (Wildman–Crippen LogP) is 4.64. The van der Waals surface area contributed by atoms with Crippen LogP contribution in [0.15, 0.2) is 66.9 Å². The molecule has 3 aromatic rings. The first-order valence-electron chi connectivity index (χ1n) is 11.4. The van der Waals surface area contributed by atoms with Crippen LogP contribution in [0.1, 0.15) is 29.8 Å². The fraction of sp³-hybridized carbons (Fsp3) is 0.333. The van der Waals surface area contributed by atoms with Crippen LogP contribution < -0.4 is 9.64 Å². The van der Waals surface area contributed by atoms with E-state index in [9.17, 15) is 4.79 Å². The van der Waals surface area contributed by atoms with Gasteiger partial charge in [-0.2, -0.15) is 0 Å². The Balaban J connectivity index is 1.54. The number of carbonyl (C=O) groups excluding carboxylic acids is 1. The smallest absolute Gasteiger partial charge is 0.342 e. The van der Waals surface area contributed by atoms with Gasteiger partial charge >= 0.3 is 5.97 Å². The summed E-state index contributed by atoms with van der Waals surface area (Å²) in [7, 11) is 1.68. The number of piperazine rings is 1. The predicted molar refractivity (Wildman–Crippen MR) is 131 cm³/mol. The van der Waals surface area contributed by atoms with Crippen LogP contribution in [0.25, 0.3) is 11.1 Å². The molecular formula is C27H31N3O3. The molecule has 6 nitrogen and oxygen atoms in total. The van der Waals surface area contributed by atoms with Crippen molar-refractivity contribution in [3.63, 3.8) is 0 Å². The Labute approximate surface area is 195 Å². The van der Waals surface area contributed by atoms with E-state index in [0.717, 1.165) is 49.6 Å². The highest BCUT2D eigenvalue weighted by molar-refractivity contribution is 6.02. The lowest BCUT2D eigenvalue weighted by atomic mass is 10.00. The Morgan fingerprint density at radius 2 is 1.67 bits per heavy atom. The number of anilines is 1. The van der Waals surface area contributed by atoms with Crippen molar-refractivity contribution in [2.75, 3.05) is 38.2 Å². The van der Waals surface area contributed by atoms with Crippen molar-refractivity contribution in [2.24, 2.45) is 0 Å². The Hall–Kier alpha value is -3.38. The summed E-state index contributed by atoms with van der Waals surface area (Å²) in [6.07, 6.45) is 1.59. The maximum atomic E-state index is 13.2. The van der Waals surface area contributed by atoms with E-state index in [1.54, 1.807) is 13.3 Å². The van der Waals surface area contributed by atoms with Crippen LogP contribution in [-0.4, -0.2) is 55.2 Å². The second kappa shape index (κ2) is 10.5. The average molecular weight is 446 g/mol. The third-order valence-electron chi connectivity index (χ3n) is 5.80. The molecule has 0 bridgehead atoms. The molecule has 0 unspecified atom stereocenters. The molecule has 1 saturated heterocycles. The van der Waals surface area contributed by atoms with Gasteiger partial charge in [-0.15, -0.1) is 0 Å². The Kier molecular flexibility index (Phi) is 7.25. The van der Waals surface area contributed by atoms with Crippen LogP contribution in [-0.2, 0) is 11.3 Å². The molecule has 2 aromatic carbocycles. The highest BCUT2D eigenvalue weighted by atomic mass is 16.5. The molecule has 0 amide bonds. The molecule has 0 aliphatic carbocycles. The van der Waals surface area contributed by atoms with Gasteiger partial charge < -0.3 is 14.4 Å². The van der Waals surface area contributed by atoms with Gasteiger partial charge in [0.1, 0.15) is 17.1 Å². The number of rotatable bonds is 7. The van der Waals surface area contributed by atoms with Crippen LogP contribution in [0.3, 0.4) is 0 Å². The lowest BCUT2D eigenvalue weighted by Crippen LogP contribution is -2.46. The first-order chi connectivity index (χ1) is 16.0. The average Bonchev–Trinajstić information content (AvgIpc) is 2.84. The normalized spacial score (nSPS) is 14.4. The Bertz CT molecular complexity index is 1060. The molecule has 0 N–H and O–H groups in total. The summed E-state index contributed by atoms with van der Waals surface area (Å²) < 4.78 is 10.9. The van der Waals surface area contributed by atoms with Gasteiger partial charge in [-0.1, -0.05) is 42.5 Å². The van der Waals surface area contributed by atoms with Crippen LogP contribution in [0.4, 0.5) is 5.82 Å². The molecule has 0 saturated carbocycles. The minimum absolute atomic E-state index is 0.199. The first kappa shape index (κ1) is 22.8. The molecule has 0 atom stereocenters. The third-order valence-corrected chi connectivity index (χ3v) is 5.80. The number of aromatic nitrogens is 1. The van der Waals surface area contributed by atoms with Gasteiger partial charge in [0.05, 0.1) is 13.2 Å². The summed E-state index contributed by atoms with van der Waals surface area (Å²) in [6, 6.07) is 20.1. The maximum Gasteiger partial charge on any atom is 0.342 e. The highest BCUT2D eigenvalue weighted by Gasteiger charge is 2.27. The summed E-state index contributed by atoms with van der Waals surface area (Å²) in [5.41, 5.74) is 3.64. The summed E-state index contributed by atoms with van der Waals surface area (Å²) in [5.74, 6) is 1.24. The summed E-state index contributed by atoms with van der Waals surface area (Å²) in [4.78, 5) is 22.4. The molecule has 2 heterocycles. The zero-order valence-corrected chi connectivity index (χ0v) is 19.5.